The number of hydrogen-bond acceptors (Lipinski definition) is 6. The van der Waals surface area contributed by atoms with Crippen LogP contribution in [0.3, 0.4) is 0 Å². The summed E-state index contributed by atoms with van der Waals surface area (Å²) < 4.78 is 6.98. The fourth-order valence-electron chi connectivity index (χ4n) is 2.89. The molecule has 0 radical (unpaired) electrons. The van der Waals surface area contributed by atoms with Crippen LogP contribution >= 0.6 is 23.4 Å². The molecule has 2 aromatic rings. The Morgan fingerprint density at radius 2 is 2.17 bits per heavy atom. The highest BCUT2D eigenvalue weighted by Crippen LogP contribution is 2.31. The molecule has 0 unspecified atom stereocenters. The Morgan fingerprint density at radius 3 is 2.88 bits per heavy atom. The number of benzene rings is 1. The summed E-state index contributed by atoms with van der Waals surface area (Å²) in [6, 6.07) is 5.40. The number of ether oxygens (including phenoxy) is 1. The van der Waals surface area contributed by atoms with Gasteiger partial charge in [-0.25, -0.2) is 4.68 Å². The summed E-state index contributed by atoms with van der Waals surface area (Å²) in [4.78, 5) is 12.4. The van der Waals surface area contributed by atoms with Gasteiger partial charge in [-0.3, -0.25) is 4.79 Å². The molecular weight excluding hydrogens is 348 g/mol. The first-order chi connectivity index (χ1) is 11.7. The highest BCUT2D eigenvalue weighted by atomic mass is 35.5. The van der Waals surface area contributed by atoms with Crippen molar-refractivity contribution in [1.29, 1.82) is 0 Å². The topological polar surface area (TPSA) is 69.9 Å². The largest absolute Gasteiger partial charge is 0.495 e. The molecule has 6 nitrogen and oxygen atoms in total. The van der Waals surface area contributed by atoms with E-state index in [2.05, 4.69) is 15.5 Å². The normalized spacial score (nSPS) is 15.4. The Balaban J connectivity index is 1.64. The number of methoxy groups -OCH3 is 1. The summed E-state index contributed by atoms with van der Waals surface area (Å²) in [5.74, 6) is 0.820. The first kappa shape index (κ1) is 17.2. The Labute approximate surface area is 149 Å². The molecule has 128 valence electrons. The number of aromatic nitrogens is 4. The Morgan fingerprint density at radius 1 is 1.38 bits per heavy atom. The van der Waals surface area contributed by atoms with Crippen LogP contribution in [0.1, 0.15) is 48.5 Å². The fourth-order valence-corrected chi connectivity index (χ4v) is 3.99. The maximum atomic E-state index is 12.4. The van der Waals surface area contributed by atoms with Crippen LogP contribution in [0.4, 0.5) is 0 Å². The van der Waals surface area contributed by atoms with Crippen LogP contribution in [0.2, 0.25) is 5.02 Å². The van der Waals surface area contributed by atoms with Gasteiger partial charge in [-0.2, -0.15) is 0 Å². The van der Waals surface area contributed by atoms with Crippen LogP contribution in [0, 0.1) is 0 Å². The average molecular weight is 367 g/mol. The van der Waals surface area contributed by atoms with Gasteiger partial charge < -0.3 is 4.74 Å². The summed E-state index contributed by atoms with van der Waals surface area (Å²) in [5, 5.41) is 13.1. The van der Waals surface area contributed by atoms with E-state index in [0.29, 0.717) is 27.5 Å². The van der Waals surface area contributed by atoms with Gasteiger partial charge in [0.15, 0.2) is 5.78 Å². The number of carbonyl (C=O) groups excluding carboxylic acids is 1. The number of ketones is 1. The number of carbonyl (C=O) groups is 1. The molecule has 1 aliphatic rings. The lowest BCUT2D eigenvalue weighted by Gasteiger charge is -2.21. The van der Waals surface area contributed by atoms with E-state index < -0.39 is 0 Å². The average Bonchev–Trinajstić information content (AvgIpc) is 3.09. The lowest BCUT2D eigenvalue weighted by atomic mass is 9.96. The molecule has 0 aliphatic heterocycles. The molecule has 0 spiro atoms. The second kappa shape index (κ2) is 7.98. The molecule has 1 aliphatic carbocycles. The minimum atomic E-state index is -0.0113. The minimum Gasteiger partial charge on any atom is -0.495 e. The van der Waals surface area contributed by atoms with E-state index in [1.807, 2.05) is 4.68 Å². The number of halogens is 1. The monoisotopic (exact) mass is 366 g/mol. The Kier molecular flexibility index (Phi) is 5.73. The van der Waals surface area contributed by atoms with Crippen molar-refractivity contribution in [3.8, 4) is 5.75 Å². The summed E-state index contributed by atoms with van der Waals surface area (Å²) in [5.41, 5.74) is 0.560. The molecule has 0 amide bonds. The molecule has 1 aromatic carbocycles. The second-order valence-corrected chi connectivity index (χ2v) is 7.11. The molecular formula is C16H19ClN4O2S. The molecule has 0 atom stereocenters. The highest BCUT2D eigenvalue weighted by Gasteiger charge is 2.21. The standard InChI is InChI=1S/C16H19ClN4O2S/c1-23-15-8-7-11(9-13(15)17)14(22)10-24-16-18-19-20-21(16)12-5-3-2-4-6-12/h7-9,12H,2-6,10H2,1H3. The number of nitrogens with zero attached hydrogens (tertiary/aromatic N) is 4. The Hall–Kier alpha value is -1.60. The van der Waals surface area contributed by atoms with Crippen molar-refractivity contribution in [1.82, 2.24) is 20.2 Å². The quantitative estimate of drug-likeness (QED) is 0.571. The first-order valence-corrected chi connectivity index (χ1v) is 9.33. The zero-order valence-electron chi connectivity index (χ0n) is 13.4. The van der Waals surface area contributed by atoms with E-state index in [1.165, 1.54) is 31.0 Å². The van der Waals surface area contributed by atoms with Gasteiger partial charge in [0.25, 0.3) is 0 Å². The number of hydrogen-bond donors (Lipinski definition) is 0. The minimum absolute atomic E-state index is 0.0113. The van der Waals surface area contributed by atoms with Crippen molar-refractivity contribution in [3.63, 3.8) is 0 Å². The zero-order chi connectivity index (χ0) is 16.9. The van der Waals surface area contributed by atoms with Crippen LogP contribution in [0.5, 0.6) is 5.75 Å². The van der Waals surface area contributed by atoms with Crippen molar-refractivity contribution < 1.29 is 9.53 Å². The van der Waals surface area contributed by atoms with Gasteiger partial charge in [0.2, 0.25) is 5.16 Å². The molecule has 0 bridgehead atoms. The van der Waals surface area contributed by atoms with Crippen molar-refractivity contribution in [3.05, 3.63) is 28.8 Å². The molecule has 8 heteroatoms. The number of Topliss-reactive ketones (excluding diaryl/α,β-unsaturated/α-hetero) is 1. The summed E-state index contributed by atoms with van der Waals surface area (Å²) in [6.07, 6.45) is 5.88. The third kappa shape index (κ3) is 3.89. The lowest BCUT2D eigenvalue weighted by molar-refractivity contribution is 0.102. The zero-order valence-corrected chi connectivity index (χ0v) is 15.0. The number of tetrazole rings is 1. The number of thioether (sulfide) groups is 1. The van der Waals surface area contributed by atoms with Crippen molar-refractivity contribution in [2.75, 3.05) is 12.9 Å². The molecule has 0 saturated heterocycles. The smallest absolute Gasteiger partial charge is 0.210 e. The second-order valence-electron chi connectivity index (χ2n) is 5.76. The molecule has 1 heterocycles. The molecule has 0 N–H and O–H groups in total. The van der Waals surface area contributed by atoms with E-state index in [1.54, 1.807) is 25.3 Å². The van der Waals surface area contributed by atoms with Gasteiger partial charge in [0.1, 0.15) is 5.75 Å². The van der Waals surface area contributed by atoms with Crippen LogP contribution < -0.4 is 4.74 Å². The maximum Gasteiger partial charge on any atom is 0.210 e. The van der Waals surface area contributed by atoms with Crippen molar-refractivity contribution >= 4 is 29.1 Å². The van der Waals surface area contributed by atoms with Gasteiger partial charge in [0.05, 0.1) is 23.9 Å². The van der Waals surface area contributed by atoms with Crippen LogP contribution in [-0.2, 0) is 0 Å². The maximum absolute atomic E-state index is 12.4. The third-order valence-corrected chi connectivity index (χ3v) is 5.42. The molecule has 1 fully saturated rings. The van der Waals surface area contributed by atoms with Gasteiger partial charge in [-0.15, -0.1) is 5.10 Å². The van der Waals surface area contributed by atoms with Crippen molar-refractivity contribution in [2.45, 2.75) is 43.3 Å². The lowest BCUT2D eigenvalue weighted by Crippen LogP contribution is -2.15. The summed E-state index contributed by atoms with van der Waals surface area (Å²) in [7, 11) is 1.55. The molecule has 3 rings (SSSR count). The van der Waals surface area contributed by atoms with E-state index >= 15 is 0 Å². The summed E-state index contributed by atoms with van der Waals surface area (Å²) >= 11 is 7.45. The third-order valence-electron chi connectivity index (χ3n) is 4.19. The summed E-state index contributed by atoms with van der Waals surface area (Å²) in [6.45, 7) is 0. The highest BCUT2D eigenvalue weighted by molar-refractivity contribution is 7.99. The van der Waals surface area contributed by atoms with E-state index in [0.717, 1.165) is 12.8 Å². The van der Waals surface area contributed by atoms with Crippen molar-refractivity contribution in [2.24, 2.45) is 0 Å². The predicted octanol–water partition coefficient (Wildman–Crippen LogP) is 3.82. The van der Waals surface area contributed by atoms with Gasteiger partial charge in [-0.05, 0) is 41.5 Å². The van der Waals surface area contributed by atoms with Crippen LogP contribution in [0.15, 0.2) is 23.4 Å². The fraction of sp³-hybridized carbons (Fsp3) is 0.500. The molecule has 1 aromatic heterocycles. The van der Waals surface area contributed by atoms with E-state index in [-0.39, 0.29) is 11.5 Å². The molecule has 1 saturated carbocycles. The van der Waals surface area contributed by atoms with E-state index in [4.69, 9.17) is 16.3 Å². The van der Waals surface area contributed by atoms with Gasteiger partial charge in [-0.1, -0.05) is 42.6 Å². The SMILES string of the molecule is COc1ccc(C(=O)CSc2nnnn2C2CCCCC2)cc1Cl. The number of rotatable bonds is 6. The van der Waals surface area contributed by atoms with Crippen LogP contribution in [-0.4, -0.2) is 38.9 Å². The van der Waals surface area contributed by atoms with E-state index in [9.17, 15) is 4.79 Å². The Bertz CT molecular complexity index is 716. The predicted molar refractivity (Wildman–Crippen MR) is 93.0 cm³/mol. The van der Waals surface area contributed by atoms with Gasteiger partial charge >= 0.3 is 0 Å². The molecule has 24 heavy (non-hydrogen) atoms. The van der Waals surface area contributed by atoms with Crippen LogP contribution in [0.25, 0.3) is 0 Å². The van der Waals surface area contributed by atoms with Gasteiger partial charge in [0, 0.05) is 5.56 Å². The first-order valence-electron chi connectivity index (χ1n) is 7.96.